The van der Waals surface area contributed by atoms with E-state index in [4.69, 9.17) is 18.9 Å². The van der Waals surface area contributed by atoms with Crippen molar-refractivity contribution in [3.63, 3.8) is 0 Å². The molecule has 7 nitrogen and oxygen atoms in total. The van der Waals surface area contributed by atoms with Gasteiger partial charge in [0.1, 0.15) is 0 Å². The molecule has 0 atom stereocenters. The van der Waals surface area contributed by atoms with Crippen molar-refractivity contribution in [2.75, 3.05) is 21.0 Å². The minimum absolute atomic E-state index is 0.175. The summed E-state index contributed by atoms with van der Waals surface area (Å²) in [6, 6.07) is 5.43. The summed E-state index contributed by atoms with van der Waals surface area (Å²) in [5, 5.41) is 0. The van der Waals surface area contributed by atoms with Crippen molar-refractivity contribution in [1.82, 2.24) is 9.97 Å². The standard InChI is InChI=1S/C18H18N2O5/c1-10-17(22-3)19-16(20-18(10)23-4)13(11(2)21)7-12-5-6-14-15(8-12)25-9-24-14/h5-8H,9H2,1-4H3/b13-7-. The first kappa shape index (κ1) is 16.8. The number of hydrogen-bond donors (Lipinski definition) is 0. The number of fused-ring (bicyclic) bond motifs is 1. The molecule has 1 aromatic heterocycles. The molecule has 3 rings (SSSR count). The number of carbonyl (C=O) groups excluding carboxylic acids is 1. The van der Waals surface area contributed by atoms with E-state index in [1.54, 1.807) is 25.1 Å². The molecule has 2 heterocycles. The normalized spacial score (nSPS) is 12.9. The van der Waals surface area contributed by atoms with Crippen LogP contribution in [0.3, 0.4) is 0 Å². The lowest BCUT2D eigenvalue weighted by atomic mass is 10.1. The SMILES string of the molecule is COc1nc(/C(=C\c2ccc3c(c2)OCO3)C(C)=O)nc(OC)c1C. The van der Waals surface area contributed by atoms with Gasteiger partial charge < -0.3 is 18.9 Å². The predicted molar refractivity (Wildman–Crippen MR) is 91.0 cm³/mol. The monoisotopic (exact) mass is 342 g/mol. The maximum Gasteiger partial charge on any atom is 0.231 e. The van der Waals surface area contributed by atoms with Gasteiger partial charge in [-0.1, -0.05) is 6.07 Å². The van der Waals surface area contributed by atoms with Gasteiger partial charge in [0.25, 0.3) is 0 Å². The van der Waals surface area contributed by atoms with Gasteiger partial charge in [-0.2, -0.15) is 9.97 Å². The molecular weight excluding hydrogens is 324 g/mol. The van der Waals surface area contributed by atoms with Gasteiger partial charge in [-0.15, -0.1) is 0 Å². The summed E-state index contributed by atoms with van der Waals surface area (Å²) in [5.41, 5.74) is 1.78. The Balaban J connectivity index is 2.09. The molecule has 0 saturated heterocycles. The first-order valence-corrected chi connectivity index (χ1v) is 7.62. The Morgan fingerprint density at radius 1 is 1.12 bits per heavy atom. The highest BCUT2D eigenvalue weighted by atomic mass is 16.7. The fraction of sp³-hybridized carbons (Fsp3) is 0.278. The number of methoxy groups -OCH3 is 2. The van der Waals surface area contributed by atoms with Crippen LogP contribution < -0.4 is 18.9 Å². The first-order valence-electron chi connectivity index (χ1n) is 7.62. The molecule has 0 bridgehead atoms. The fourth-order valence-corrected chi connectivity index (χ4v) is 2.49. The van der Waals surface area contributed by atoms with E-state index in [9.17, 15) is 4.79 Å². The van der Waals surface area contributed by atoms with Crippen LogP contribution in [0, 0.1) is 6.92 Å². The van der Waals surface area contributed by atoms with Crippen molar-refractivity contribution in [2.24, 2.45) is 0 Å². The van der Waals surface area contributed by atoms with Gasteiger partial charge in [0.15, 0.2) is 23.1 Å². The molecule has 1 aromatic carbocycles. The van der Waals surface area contributed by atoms with E-state index in [-0.39, 0.29) is 18.4 Å². The number of carbonyl (C=O) groups is 1. The molecule has 0 aliphatic carbocycles. The Labute approximate surface area is 145 Å². The number of benzene rings is 1. The number of aromatic nitrogens is 2. The average Bonchev–Trinajstić information content (AvgIpc) is 3.07. The van der Waals surface area contributed by atoms with Gasteiger partial charge in [0, 0.05) is 0 Å². The summed E-state index contributed by atoms with van der Waals surface area (Å²) in [6.45, 7) is 3.44. The summed E-state index contributed by atoms with van der Waals surface area (Å²) < 4.78 is 21.2. The van der Waals surface area contributed by atoms with Gasteiger partial charge in [-0.05, 0) is 37.6 Å². The van der Waals surface area contributed by atoms with Crippen molar-refractivity contribution in [3.8, 4) is 23.3 Å². The van der Waals surface area contributed by atoms with Gasteiger partial charge in [-0.3, -0.25) is 4.79 Å². The van der Waals surface area contributed by atoms with Crippen LogP contribution in [0.15, 0.2) is 18.2 Å². The van der Waals surface area contributed by atoms with Gasteiger partial charge >= 0.3 is 0 Å². The Bertz CT molecular complexity index is 836. The van der Waals surface area contributed by atoms with Crippen LogP contribution >= 0.6 is 0 Å². The summed E-state index contributed by atoms with van der Waals surface area (Å²) in [7, 11) is 3.01. The number of Topliss-reactive ketones (excluding diaryl/α,β-unsaturated/α-hetero) is 1. The van der Waals surface area contributed by atoms with Gasteiger partial charge in [0.2, 0.25) is 18.6 Å². The number of ketones is 1. The number of allylic oxidation sites excluding steroid dienone is 1. The maximum absolute atomic E-state index is 12.2. The molecule has 1 aliphatic rings. The summed E-state index contributed by atoms with van der Waals surface area (Å²) in [5.74, 6) is 2.10. The topological polar surface area (TPSA) is 79.8 Å². The van der Waals surface area contributed by atoms with E-state index in [0.29, 0.717) is 34.4 Å². The largest absolute Gasteiger partial charge is 0.481 e. The van der Waals surface area contributed by atoms with Crippen molar-refractivity contribution in [1.29, 1.82) is 0 Å². The molecule has 0 saturated carbocycles. The smallest absolute Gasteiger partial charge is 0.231 e. The quantitative estimate of drug-likeness (QED) is 0.773. The van der Waals surface area contributed by atoms with E-state index in [2.05, 4.69) is 9.97 Å². The molecule has 0 fully saturated rings. The third-order valence-electron chi connectivity index (χ3n) is 3.77. The second-order valence-corrected chi connectivity index (χ2v) is 5.42. The van der Waals surface area contributed by atoms with Crippen LogP contribution in [0.2, 0.25) is 0 Å². The summed E-state index contributed by atoms with van der Waals surface area (Å²) in [6.07, 6.45) is 1.70. The first-order chi connectivity index (χ1) is 12.0. The van der Waals surface area contributed by atoms with E-state index >= 15 is 0 Å². The van der Waals surface area contributed by atoms with Crippen molar-refractivity contribution in [3.05, 3.63) is 35.2 Å². The molecule has 7 heteroatoms. The lowest BCUT2D eigenvalue weighted by Gasteiger charge is -2.11. The third-order valence-corrected chi connectivity index (χ3v) is 3.77. The summed E-state index contributed by atoms with van der Waals surface area (Å²) in [4.78, 5) is 20.8. The van der Waals surface area contributed by atoms with Crippen molar-refractivity contribution in [2.45, 2.75) is 13.8 Å². The zero-order chi connectivity index (χ0) is 18.0. The number of hydrogen-bond acceptors (Lipinski definition) is 7. The van der Waals surface area contributed by atoms with Crippen LogP contribution in [-0.2, 0) is 4.79 Å². The molecular formula is C18H18N2O5. The van der Waals surface area contributed by atoms with Crippen molar-refractivity contribution < 1.29 is 23.7 Å². The highest BCUT2D eigenvalue weighted by molar-refractivity contribution is 6.23. The van der Waals surface area contributed by atoms with Crippen molar-refractivity contribution >= 4 is 17.4 Å². The molecule has 1 aliphatic heterocycles. The maximum atomic E-state index is 12.2. The second-order valence-electron chi connectivity index (χ2n) is 5.42. The van der Waals surface area contributed by atoms with Crippen LogP contribution in [0.5, 0.6) is 23.3 Å². The highest BCUT2D eigenvalue weighted by Crippen LogP contribution is 2.34. The number of rotatable bonds is 5. The van der Waals surface area contributed by atoms with Crippen LogP contribution in [-0.4, -0.2) is 36.8 Å². The Kier molecular flexibility index (Phi) is 4.56. The average molecular weight is 342 g/mol. The molecule has 2 aromatic rings. The minimum Gasteiger partial charge on any atom is -0.481 e. The van der Waals surface area contributed by atoms with E-state index in [1.165, 1.54) is 21.1 Å². The summed E-state index contributed by atoms with van der Waals surface area (Å²) >= 11 is 0. The molecule has 0 unspecified atom stereocenters. The second kappa shape index (κ2) is 6.80. The fourth-order valence-electron chi connectivity index (χ4n) is 2.49. The molecule has 0 N–H and O–H groups in total. The van der Waals surface area contributed by atoms with Gasteiger partial charge in [0.05, 0.1) is 25.4 Å². The Hall–Kier alpha value is -3.09. The molecule has 25 heavy (non-hydrogen) atoms. The zero-order valence-electron chi connectivity index (χ0n) is 14.5. The van der Waals surface area contributed by atoms with Crippen LogP contribution in [0.25, 0.3) is 11.6 Å². The molecule has 0 spiro atoms. The highest BCUT2D eigenvalue weighted by Gasteiger charge is 2.19. The van der Waals surface area contributed by atoms with Crippen LogP contribution in [0.4, 0.5) is 0 Å². The lowest BCUT2D eigenvalue weighted by Crippen LogP contribution is -2.07. The zero-order valence-corrected chi connectivity index (χ0v) is 14.5. The third kappa shape index (κ3) is 3.26. The Morgan fingerprint density at radius 3 is 2.36 bits per heavy atom. The van der Waals surface area contributed by atoms with Crippen LogP contribution in [0.1, 0.15) is 23.9 Å². The lowest BCUT2D eigenvalue weighted by molar-refractivity contribution is -0.111. The number of nitrogens with zero attached hydrogens (tertiary/aromatic N) is 2. The predicted octanol–water partition coefficient (Wildman–Crippen LogP) is 2.66. The molecule has 130 valence electrons. The number of ether oxygens (including phenoxy) is 4. The molecule has 0 radical (unpaired) electrons. The van der Waals surface area contributed by atoms with E-state index < -0.39 is 0 Å². The molecule has 0 amide bonds. The Morgan fingerprint density at radius 2 is 1.76 bits per heavy atom. The minimum atomic E-state index is -0.175. The van der Waals surface area contributed by atoms with E-state index in [1.807, 2.05) is 6.07 Å². The van der Waals surface area contributed by atoms with Gasteiger partial charge in [-0.25, -0.2) is 0 Å². The van der Waals surface area contributed by atoms with E-state index in [0.717, 1.165) is 5.56 Å².